The van der Waals surface area contributed by atoms with Gasteiger partial charge in [-0.15, -0.1) is 0 Å². The quantitative estimate of drug-likeness (QED) is 0.327. The van der Waals surface area contributed by atoms with Crippen LogP contribution >= 0.6 is 0 Å². The highest BCUT2D eigenvalue weighted by atomic mass is 16.7. The Hall–Kier alpha value is -2.64. The summed E-state index contributed by atoms with van der Waals surface area (Å²) in [4.78, 5) is 51.3. The molecule has 2 heterocycles. The number of carbonyl (C=O) groups is 4. The van der Waals surface area contributed by atoms with Gasteiger partial charge in [-0.2, -0.15) is 0 Å². The molecule has 0 spiro atoms. The van der Waals surface area contributed by atoms with Gasteiger partial charge in [-0.25, -0.2) is 19.2 Å². The Morgan fingerprint density at radius 2 is 0.903 bits per heavy atom. The number of fused-ring (bicyclic) bond motifs is 2. The first-order valence-corrected chi connectivity index (χ1v) is 10.9. The Morgan fingerprint density at radius 3 is 1.23 bits per heavy atom. The Labute approximate surface area is 177 Å². The number of hydrogen-bond acceptors (Lipinski definition) is 8. The summed E-state index contributed by atoms with van der Waals surface area (Å²) in [5.74, 6) is -3.71. The number of carbonyl (C=O) groups excluding carboxylic acids is 4. The van der Waals surface area contributed by atoms with Crippen molar-refractivity contribution in [1.82, 2.24) is 0 Å². The van der Waals surface area contributed by atoms with Crippen LogP contribution in [0.5, 0.6) is 0 Å². The highest BCUT2D eigenvalue weighted by molar-refractivity contribution is 6.17. The minimum atomic E-state index is -1.28. The molecule has 5 saturated carbocycles. The molecule has 0 N–H and O–H groups in total. The zero-order valence-corrected chi connectivity index (χ0v) is 17.6. The standard InChI is InChI=1S/C23H22O8/c1-22(2)28-18(24)16(19(25)29-22)14-10-6-5-7-9-8(6)12(14)13(9)15(11(7)10)17-20(26)30-23(3,4)31-21(17)27/h6-13H,5H2,1-4H3/t6-,7+,8-,9-,10+,11-,12-,13-/m0/s1. The number of allylic oxidation sites excluding steroid dienone is 2. The third kappa shape index (κ3) is 1.86. The molecule has 0 radical (unpaired) electrons. The summed E-state index contributed by atoms with van der Waals surface area (Å²) in [6, 6.07) is 0. The van der Waals surface area contributed by atoms with Crippen LogP contribution in [0.1, 0.15) is 34.1 Å². The van der Waals surface area contributed by atoms with Crippen LogP contribution < -0.4 is 0 Å². The summed E-state index contributed by atoms with van der Waals surface area (Å²) in [7, 11) is 0. The van der Waals surface area contributed by atoms with Gasteiger partial charge in [0.25, 0.3) is 11.6 Å². The van der Waals surface area contributed by atoms with E-state index in [-0.39, 0.29) is 34.8 Å². The molecule has 0 amide bonds. The third-order valence-corrected chi connectivity index (χ3v) is 8.69. The largest absolute Gasteiger partial charge is 0.419 e. The van der Waals surface area contributed by atoms with E-state index in [9.17, 15) is 19.2 Å². The second-order valence-electron chi connectivity index (χ2n) is 10.8. The third-order valence-electron chi connectivity index (χ3n) is 8.69. The molecule has 31 heavy (non-hydrogen) atoms. The molecule has 0 aromatic heterocycles. The van der Waals surface area contributed by atoms with Gasteiger partial charge in [0.2, 0.25) is 0 Å². The predicted molar refractivity (Wildman–Crippen MR) is 99.1 cm³/mol. The van der Waals surface area contributed by atoms with Crippen LogP contribution in [0.4, 0.5) is 0 Å². The number of rotatable bonds is 0. The number of ether oxygens (including phenoxy) is 4. The summed E-state index contributed by atoms with van der Waals surface area (Å²) < 4.78 is 21.5. The molecule has 0 unspecified atom stereocenters. The number of hydrogen-bond donors (Lipinski definition) is 0. The fraction of sp³-hybridized carbons (Fsp3) is 0.652. The molecule has 7 aliphatic rings. The van der Waals surface area contributed by atoms with E-state index in [2.05, 4.69) is 0 Å². The van der Waals surface area contributed by atoms with E-state index in [1.54, 1.807) is 0 Å². The fourth-order valence-corrected chi connectivity index (χ4v) is 8.39. The molecule has 2 saturated heterocycles. The second-order valence-corrected chi connectivity index (χ2v) is 10.8. The lowest BCUT2D eigenvalue weighted by molar-refractivity contribution is -0.225. The van der Waals surface area contributed by atoms with Crippen LogP contribution in [0.2, 0.25) is 0 Å². The van der Waals surface area contributed by atoms with Crippen LogP contribution in [0.15, 0.2) is 22.3 Å². The zero-order chi connectivity index (χ0) is 21.8. The summed E-state index contributed by atoms with van der Waals surface area (Å²) in [5, 5.41) is 0. The predicted octanol–water partition coefficient (Wildman–Crippen LogP) is 1.64. The molecule has 0 aromatic rings. The van der Waals surface area contributed by atoms with Crippen LogP contribution in [-0.2, 0) is 38.1 Å². The summed E-state index contributed by atoms with van der Waals surface area (Å²) in [6.07, 6.45) is 0.996. The van der Waals surface area contributed by atoms with Gasteiger partial charge in [-0.3, -0.25) is 0 Å². The van der Waals surface area contributed by atoms with E-state index < -0.39 is 35.5 Å². The lowest BCUT2D eigenvalue weighted by Gasteiger charge is -2.47. The maximum Gasteiger partial charge on any atom is 0.348 e. The van der Waals surface area contributed by atoms with Gasteiger partial charge in [0.15, 0.2) is 0 Å². The van der Waals surface area contributed by atoms with Gasteiger partial charge < -0.3 is 18.9 Å². The average Bonchev–Trinajstić information content (AvgIpc) is 3.11. The molecular formula is C23H22O8. The van der Waals surface area contributed by atoms with Crippen molar-refractivity contribution in [3.05, 3.63) is 22.3 Å². The van der Waals surface area contributed by atoms with Crippen molar-refractivity contribution in [2.24, 2.45) is 47.3 Å². The molecule has 8 heteroatoms. The van der Waals surface area contributed by atoms with E-state index in [1.165, 1.54) is 27.7 Å². The van der Waals surface area contributed by atoms with E-state index in [4.69, 9.17) is 18.9 Å². The van der Waals surface area contributed by atoms with E-state index >= 15 is 0 Å². The first-order chi connectivity index (χ1) is 14.5. The van der Waals surface area contributed by atoms with Gasteiger partial charge >= 0.3 is 23.9 Å². The van der Waals surface area contributed by atoms with Crippen molar-refractivity contribution in [2.75, 3.05) is 0 Å². The molecule has 162 valence electrons. The highest BCUT2D eigenvalue weighted by Crippen LogP contribution is 2.86. The minimum Gasteiger partial charge on any atom is -0.419 e. The lowest BCUT2D eigenvalue weighted by Crippen LogP contribution is -2.48. The molecule has 8 atom stereocenters. The molecular weight excluding hydrogens is 404 g/mol. The van der Waals surface area contributed by atoms with Gasteiger partial charge in [0.1, 0.15) is 11.1 Å². The molecule has 0 aromatic carbocycles. The Morgan fingerprint density at radius 1 is 0.581 bits per heavy atom. The Bertz CT molecular complexity index is 973. The Kier molecular flexibility index (Phi) is 2.84. The average molecular weight is 426 g/mol. The fourth-order valence-electron chi connectivity index (χ4n) is 8.39. The van der Waals surface area contributed by atoms with Crippen LogP contribution in [0.3, 0.4) is 0 Å². The normalized spacial score (nSPS) is 46.8. The van der Waals surface area contributed by atoms with E-state index in [1.807, 2.05) is 0 Å². The van der Waals surface area contributed by atoms with Crippen LogP contribution in [-0.4, -0.2) is 35.5 Å². The SMILES string of the molecule is CC1(C)OC(=O)C(=C2[C@@H]3[C@H]4C[C@H]5[C@@H]3C(=C3C(=O)OC(C)(C)OC3=O)[C@@H]3[C@@H]2[C@@H]4[C@H]53)C(=O)O1. The molecule has 8 nitrogen and oxygen atoms in total. The Balaban J connectivity index is 1.38. The number of cyclic esters (lactones) is 4. The first-order valence-electron chi connectivity index (χ1n) is 10.9. The molecule has 5 aliphatic carbocycles. The molecule has 7 rings (SSSR count). The molecule has 2 bridgehead atoms. The monoisotopic (exact) mass is 426 g/mol. The van der Waals surface area contributed by atoms with Crippen molar-refractivity contribution in [2.45, 2.75) is 45.7 Å². The number of esters is 4. The smallest absolute Gasteiger partial charge is 0.348 e. The van der Waals surface area contributed by atoms with E-state index in [0.29, 0.717) is 23.7 Å². The van der Waals surface area contributed by atoms with Gasteiger partial charge in [-0.05, 0) is 64.9 Å². The van der Waals surface area contributed by atoms with Crippen molar-refractivity contribution in [3.8, 4) is 0 Å². The van der Waals surface area contributed by atoms with Crippen molar-refractivity contribution in [3.63, 3.8) is 0 Å². The van der Waals surface area contributed by atoms with Crippen LogP contribution in [0, 0.1) is 47.3 Å². The van der Waals surface area contributed by atoms with Crippen molar-refractivity contribution < 1.29 is 38.1 Å². The summed E-state index contributed by atoms with van der Waals surface area (Å²) >= 11 is 0. The van der Waals surface area contributed by atoms with Gasteiger partial charge in [-0.1, -0.05) is 0 Å². The molecule has 2 aliphatic heterocycles. The maximum atomic E-state index is 12.8. The highest BCUT2D eigenvalue weighted by Gasteiger charge is 2.82. The van der Waals surface area contributed by atoms with Crippen molar-refractivity contribution >= 4 is 23.9 Å². The summed E-state index contributed by atoms with van der Waals surface area (Å²) in [6.45, 7) is 6.15. The van der Waals surface area contributed by atoms with Crippen LogP contribution in [0.25, 0.3) is 0 Å². The second kappa shape index (κ2) is 4.89. The summed E-state index contributed by atoms with van der Waals surface area (Å²) in [5.41, 5.74) is 1.76. The minimum absolute atomic E-state index is 0.0295. The first kappa shape index (κ1) is 18.0. The lowest BCUT2D eigenvalue weighted by atomic mass is 9.56. The molecule has 7 fully saturated rings. The topological polar surface area (TPSA) is 105 Å². The van der Waals surface area contributed by atoms with Crippen molar-refractivity contribution in [1.29, 1.82) is 0 Å². The van der Waals surface area contributed by atoms with Gasteiger partial charge in [0, 0.05) is 27.7 Å². The zero-order valence-electron chi connectivity index (χ0n) is 17.6. The maximum absolute atomic E-state index is 12.8. The van der Waals surface area contributed by atoms with Gasteiger partial charge in [0.05, 0.1) is 0 Å². The van der Waals surface area contributed by atoms with E-state index in [0.717, 1.165) is 17.6 Å².